The third-order valence-electron chi connectivity index (χ3n) is 14.8. The van der Waals surface area contributed by atoms with Crippen LogP contribution in [-0.4, -0.2) is 193 Å². The highest BCUT2D eigenvalue weighted by molar-refractivity contribution is 5.76. The summed E-state index contributed by atoms with van der Waals surface area (Å²) in [6.45, 7) is 1.66. The van der Waals surface area contributed by atoms with Gasteiger partial charge < -0.3 is 89.9 Å². The lowest BCUT2D eigenvalue weighted by Gasteiger charge is -2.48. The maximum Gasteiger partial charge on any atom is 0.220 e. The van der Waals surface area contributed by atoms with Gasteiger partial charge in [0.25, 0.3) is 0 Å². The van der Waals surface area contributed by atoms with E-state index in [2.05, 4.69) is 43.5 Å². The van der Waals surface area contributed by atoms with Gasteiger partial charge in [-0.2, -0.15) is 0 Å². The molecule has 0 aromatic heterocycles. The Morgan fingerprint density at radius 3 is 1.36 bits per heavy atom. The van der Waals surface area contributed by atoms with Crippen LogP contribution in [0, 0.1) is 0 Å². The lowest BCUT2D eigenvalue weighted by atomic mass is 9.96. The van der Waals surface area contributed by atoms with Crippen molar-refractivity contribution in [1.82, 2.24) is 5.32 Å². The molecule has 0 aliphatic carbocycles. The Labute approximate surface area is 448 Å². The molecule has 3 saturated heterocycles. The predicted octanol–water partition coefficient (Wildman–Crippen LogP) is 4.37. The van der Waals surface area contributed by atoms with Gasteiger partial charge in [-0.1, -0.05) is 167 Å². The number of aliphatic hydroxyl groups excluding tert-OH is 11. The number of carbonyl (C=O) groups excluding carboxylic acids is 1. The van der Waals surface area contributed by atoms with Gasteiger partial charge in [0.15, 0.2) is 18.9 Å². The van der Waals surface area contributed by atoms with E-state index >= 15 is 0 Å². The Balaban J connectivity index is 1.37. The minimum atomic E-state index is -1.97. The lowest BCUT2D eigenvalue weighted by Crippen LogP contribution is -2.66. The van der Waals surface area contributed by atoms with E-state index in [1.165, 1.54) is 103 Å². The second-order valence-electron chi connectivity index (χ2n) is 21.1. The number of allylic oxidation sites excluding steroid dienone is 4. The molecule has 0 spiro atoms. The molecular formula is C56H103NO18. The van der Waals surface area contributed by atoms with Crippen LogP contribution in [0.4, 0.5) is 0 Å². The number of carbonyl (C=O) groups is 1. The SMILES string of the molecule is CCCCCCC/C=C\C/C=C\CCCCCCCCCCCCCCCC(=O)NC(COC1OC(CO)C(OC2OC(CO)C(OC3OC(CO)C(O)C(O)C3O)C(O)C2O)C(O)C1O)C(O)CCCCCCC. The number of aliphatic hydroxyl groups is 11. The molecular weight excluding hydrogens is 975 g/mol. The van der Waals surface area contributed by atoms with Crippen molar-refractivity contribution in [1.29, 1.82) is 0 Å². The summed E-state index contributed by atoms with van der Waals surface area (Å²) in [5.74, 6) is -0.251. The summed E-state index contributed by atoms with van der Waals surface area (Å²) in [4.78, 5) is 13.2. The highest BCUT2D eigenvalue weighted by Gasteiger charge is 2.53. The van der Waals surface area contributed by atoms with E-state index in [1.54, 1.807) is 0 Å². The van der Waals surface area contributed by atoms with Crippen molar-refractivity contribution in [3.8, 4) is 0 Å². The third kappa shape index (κ3) is 25.1. The Bertz CT molecular complexity index is 1480. The summed E-state index contributed by atoms with van der Waals surface area (Å²) in [6, 6.07) is -0.881. The fourth-order valence-corrected chi connectivity index (χ4v) is 9.93. The van der Waals surface area contributed by atoms with E-state index in [9.17, 15) is 61.0 Å². The van der Waals surface area contributed by atoms with Gasteiger partial charge in [-0.25, -0.2) is 0 Å². The van der Waals surface area contributed by atoms with Crippen LogP contribution in [0.15, 0.2) is 24.3 Å². The fourth-order valence-electron chi connectivity index (χ4n) is 9.93. The molecule has 12 N–H and O–H groups in total. The van der Waals surface area contributed by atoms with Gasteiger partial charge in [-0.3, -0.25) is 4.79 Å². The number of unbranched alkanes of at least 4 members (excludes halogenated alkanes) is 22. The first-order chi connectivity index (χ1) is 36.3. The first-order valence-electron chi connectivity index (χ1n) is 29.1. The monoisotopic (exact) mass is 1080 g/mol. The molecule has 0 bridgehead atoms. The summed E-state index contributed by atoms with van der Waals surface area (Å²) >= 11 is 0. The smallest absolute Gasteiger partial charge is 0.220 e. The Morgan fingerprint density at radius 1 is 0.480 bits per heavy atom. The standard InChI is InChI=1S/C56H103NO18/c1-3-5-7-9-10-11-12-13-14-15-16-17-18-19-20-21-22-23-24-25-26-27-28-30-32-34-44(62)57-39(40(61)33-31-29-8-6-4-2)38-70-54-50(68)47(65)52(42(36-59)72-54)75-56-51(69)48(66)53(43(37-60)73-56)74-55-49(67)46(64)45(63)41(35-58)71-55/h12-13,15-16,39-43,45-56,58-61,63-69H,3-11,14,17-38H2,1-2H3,(H,57,62)/b13-12-,16-15-. The van der Waals surface area contributed by atoms with Gasteiger partial charge in [-0.05, 0) is 44.9 Å². The zero-order chi connectivity index (χ0) is 54.8. The number of nitrogens with one attached hydrogen (secondary N) is 1. The first kappa shape index (κ1) is 67.5. The molecule has 3 heterocycles. The quantitative estimate of drug-likeness (QED) is 0.0298. The van der Waals surface area contributed by atoms with Crippen LogP contribution in [0.25, 0.3) is 0 Å². The number of hydrogen-bond donors (Lipinski definition) is 12. The van der Waals surface area contributed by atoms with Crippen molar-refractivity contribution >= 4 is 5.91 Å². The average molecular weight is 1080 g/mol. The number of hydrogen-bond acceptors (Lipinski definition) is 18. The summed E-state index contributed by atoms with van der Waals surface area (Å²) < 4.78 is 34.1. The van der Waals surface area contributed by atoms with Crippen LogP contribution in [0.5, 0.6) is 0 Å². The van der Waals surface area contributed by atoms with E-state index in [-0.39, 0.29) is 18.9 Å². The van der Waals surface area contributed by atoms with Crippen molar-refractivity contribution in [2.24, 2.45) is 0 Å². The molecule has 0 aromatic carbocycles. The van der Waals surface area contributed by atoms with E-state index in [0.29, 0.717) is 12.8 Å². The van der Waals surface area contributed by atoms with Gasteiger partial charge in [-0.15, -0.1) is 0 Å². The molecule has 3 aliphatic heterocycles. The molecule has 3 aliphatic rings. The molecule has 17 atom stereocenters. The lowest BCUT2D eigenvalue weighted by molar-refractivity contribution is -0.379. The predicted molar refractivity (Wildman–Crippen MR) is 282 cm³/mol. The molecule has 75 heavy (non-hydrogen) atoms. The molecule has 19 nitrogen and oxygen atoms in total. The van der Waals surface area contributed by atoms with Gasteiger partial charge in [0, 0.05) is 6.42 Å². The second-order valence-corrected chi connectivity index (χ2v) is 21.1. The van der Waals surface area contributed by atoms with Gasteiger partial charge in [0.2, 0.25) is 5.91 Å². The Hall–Kier alpha value is -1.73. The topological polar surface area (TPSA) is 307 Å². The minimum Gasteiger partial charge on any atom is -0.394 e. The van der Waals surface area contributed by atoms with Crippen LogP contribution in [0.3, 0.4) is 0 Å². The van der Waals surface area contributed by atoms with E-state index in [4.69, 9.17) is 28.4 Å². The van der Waals surface area contributed by atoms with Gasteiger partial charge >= 0.3 is 0 Å². The summed E-state index contributed by atoms with van der Waals surface area (Å²) in [6.07, 6.45) is 13.5. The van der Waals surface area contributed by atoms with Crippen molar-refractivity contribution in [3.05, 3.63) is 24.3 Å². The highest BCUT2D eigenvalue weighted by atomic mass is 16.8. The molecule has 19 heteroatoms. The minimum absolute atomic E-state index is 0.251. The summed E-state index contributed by atoms with van der Waals surface area (Å²) in [5.41, 5.74) is 0. The fraction of sp³-hybridized carbons (Fsp3) is 0.911. The third-order valence-corrected chi connectivity index (χ3v) is 14.8. The zero-order valence-electron chi connectivity index (χ0n) is 45.5. The summed E-state index contributed by atoms with van der Waals surface area (Å²) in [5, 5.41) is 119. The van der Waals surface area contributed by atoms with Gasteiger partial charge in [0.05, 0.1) is 38.6 Å². The maximum absolute atomic E-state index is 13.2. The molecule has 3 fully saturated rings. The van der Waals surface area contributed by atoms with E-state index in [0.717, 1.165) is 57.8 Å². The molecule has 0 aromatic rings. The van der Waals surface area contributed by atoms with Crippen LogP contribution >= 0.6 is 0 Å². The summed E-state index contributed by atoms with van der Waals surface area (Å²) in [7, 11) is 0. The van der Waals surface area contributed by atoms with Crippen molar-refractivity contribution in [3.63, 3.8) is 0 Å². The van der Waals surface area contributed by atoms with Crippen LogP contribution in [0.2, 0.25) is 0 Å². The first-order valence-corrected chi connectivity index (χ1v) is 29.1. The molecule has 17 unspecified atom stereocenters. The highest BCUT2D eigenvalue weighted by Crippen LogP contribution is 2.33. The molecule has 1 amide bonds. The van der Waals surface area contributed by atoms with Crippen molar-refractivity contribution in [2.45, 2.75) is 298 Å². The number of rotatable bonds is 42. The largest absolute Gasteiger partial charge is 0.394 e. The van der Waals surface area contributed by atoms with Crippen LogP contribution < -0.4 is 5.32 Å². The normalized spacial score (nSPS) is 31.3. The Morgan fingerprint density at radius 2 is 0.880 bits per heavy atom. The maximum atomic E-state index is 13.2. The van der Waals surface area contributed by atoms with Crippen molar-refractivity contribution < 1.29 is 89.4 Å². The molecule has 0 saturated carbocycles. The second kappa shape index (κ2) is 40.4. The molecule has 0 radical (unpaired) electrons. The van der Waals surface area contributed by atoms with E-state index < -0.39 is 124 Å². The van der Waals surface area contributed by atoms with Crippen LogP contribution in [0.1, 0.15) is 194 Å². The van der Waals surface area contributed by atoms with Gasteiger partial charge in [0.1, 0.15) is 73.2 Å². The number of ether oxygens (including phenoxy) is 6. The van der Waals surface area contributed by atoms with Crippen molar-refractivity contribution in [2.75, 3.05) is 26.4 Å². The molecule has 440 valence electrons. The van der Waals surface area contributed by atoms with Crippen LogP contribution in [-0.2, 0) is 33.2 Å². The zero-order valence-corrected chi connectivity index (χ0v) is 45.5. The van der Waals surface area contributed by atoms with E-state index in [1.807, 2.05) is 0 Å². The Kier molecular flexibility index (Phi) is 36.4. The number of amides is 1. The molecule has 3 rings (SSSR count). The average Bonchev–Trinajstić information content (AvgIpc) is 3.41.